The van der Waals surface area contributed by atoms with E-state index in [2.05, 4.69) is 10.6 Å². The lowest BCUT2D eigenvalue weighted by molar-refractivity contribution is -0.148. The smallest absolute Gasteiger partial charge is 0.272 e. The molecule has 1 saturated carbocycles. The zero-order chi connectivity index (χ0) is 19.0. The average Bonchev–Trinajstić information content (AvgIpc) is 2.60. The number of hydroxylamine groups is 1. The summed E-state index contributed by atoms with van der Waals surface area (Å²) in [6.07, 6.45) is 4.37. The van der Waals surface area contributed by atoms with Crippen LogP contribution in [0.4, 0.5) is 0 Å². The van der Waals surface area contributed by atoms with Crippen LogP contribution in [0, 0.1) is 17.8 Å². The Balaban J connectivity index is 2.82. The van der Waals surface area contributed by atoms with Gasteiger partial charge in [-0.1, -0.05) is 46.0 Å². The molecule has 1 rings (SSSR count). The highest BCUT2D eigenvalue weighted by Crippen LogP contribution is 2.27. The summed E-state index contributed by atoms with van der Waals surface area (Å²) < 4.78 is 0. The van der Waals surface area contributed by atoms with E-state index in [1.807, 2.05) is 0 Å². The van der Waals surface area contributed by atoms with Gasteiger partial charge in [0.05, 0.1) is 5.92 Å². The van der Waals surface area contributed by atoms with Gasteiger partial charge in [0.25, 0.3) is 5.91 Å². The molecule has 0 unspecified atom stereocenters. The molecule has 0 heterocycles. The largest absolute Gasteiger partial charge is 0.382 e. The lowest BCUT2D eigenvalue weighted by Gasteiger charge is -2.29. The topological polar surface area (TPSA) is 128 Å². The molecule has 8 heteroatoms. The number of rotatable bonds is 8. The minimum Gasteiger partial charge on any atom is -0.382 e. The molecule has 1 aliphatic carbocycles. The first-order valence-corrected chi connectivity index (χ1v) is 8.95. The first-order chi connectivity index (χ1) is 11.8. The second-order valence-electron chi connectivity index (χ2n) is 7.11. The highest BCUT2D eigenvalue weighted by atomic mass is 16.5. The molecule has 3 amide bonds. The predicted octanol–water partition coefficient (Wildman–Crippen LogP) is 0.326. The molecule has 8 nitrogen and oxygen atoms in total. The van der Waals surface area contributed by atoms with Crippen molar-refractivity contribution < 1.29 is 24.7 Å². The summed E-state index contributed by atoms with van der Waals surface area (Å²) in [6.45, 7) is 3.38. The molecule has 0 spiro atoms. The quantitative estimate of drug-likeness (QED) is 0.316. The maximum Gasteiger partial charge on any atom is 0.272 e. The van der Waals surface area contributed by atoms with Gasteiger partial charge in [-0.25, -0.2) is 5.48 Å². The van der Waals surface area contributed by atoms with Gasteiger partial charge in [0.1, 0.15) is 12.1 Å². The Hall–Kier alpha value is -1.67. The van der Waals surface area contributed by atoms with E-state index in [1.165, 1.54) is 18.9 Å². The number of hydrogen-bond acceptors (Lipinski definition) is 5. The first-order valence-electron chi connectivity index (χ1n) is 8.95. The van der Waals surface area contributed by atoms with Crippen molar-refractivity contribution >= 4 is 17.7 Å². The Labute approximate surface area is 148 Å². The third-order valence-corrected chi connectivity index (χ3v) is 4.91. The SMILES string of the molecule is CNC(=O)[C@H](CC1CCCCC1)NC(=O)[C@H](C(C)C)[C@H](O)C(=O)NO. The van der Waals surface area contributed by atoms with E-state index < -0.39 is 29.9 Å². The molecule has 1 aliphatic rings. The second kappa shape index (κ2) is 10.4. The highest BCUT2D eigenvalue weighted by molar-refractivity contribution is 5.92. The fourth-order valence-corrected chi connectivity index (χ4v) is 3.47. The Bertz CT molecular complexity index is 463. The number of hydrogen-bond donors (Lipinski definition) is 5. The van der Waals surface area contributed by atoms with Crippen LogP contribution in [-0.2, 0) is 14.4 Å². The molecule has 0 aromatic rings. The van der Waals surface area contributed by atoms with Crippen LogP contribution in [0.15, 0.2) is 0 Å². The van der Waals surface area contributed by atoms with E-state index in [-0.39, 0.29) is 11.8 Å². The molecule has 0 aliphatic heterocycles. The molecule has 0 aromatic carbocycles. The molecule has 0 radical (unpaired) electrons. The Kier molecular flexibility index (Phi) is 8.85. The Morgan fingerprint density at radius 3 is 2.12 bits per heavy atom. The van der Waals surface area contributed by atoms with Crippen molar-refractivity contribution in [3.8, 4) is 0 Å². The molecule has 0 aromatic heterocycles. The minimum atomic E-state index is -1.69. The van der Waals surface area contributed by atoms with Crippen LogP contribution in [0.25, 0.3) is 0 Å². The summed E-state index contributed by atoms with van der Waals surface area (Å²) in [7, 11) is 1.51. The van der Waals surface area contributed by atoms with Crippen LogP contribution < -0.4 is 16.1 Å². The van der Waals surface area contributed by atoms with Crippen LogP contribution in [0.1, 0.15) is 52.4 Å². The summed E-state index contributed by atoms with van der Waals surface area (Å²) in [5.41, 5.74) is 1.36. The number of nitrogens with one attached hydrogen (secondary N) is 3. The molecule has 1 fully saturated rings. The number of aliphatic hydroxyl groups is 1. The van der Waals surface area contributed by atoms with E-state index in [4.69, 9.17) is 5.21 Å². The number of likely N-dealkylation sites (N-methyl/N-ethyl adjacent to an activating group) is 1. The van der Waals surface area contributed by atoms with Crippen molar-refractivity contribution in [3.05, 3.63) is 0 Å². The summed E-state index contributed by atoms with van der Waals surface area (Å²) >= 11 is 0. The average molecular weight is 357 g/mol. The lowest BCUT2D eigenvalue weighted by Crippen LogP contribution is -2.53. The van der Waals surface area contributed by atoms with Gasteiger partial charge in [-0.3, -0.25) is 19.6 Å². The van der Waals surface area contributed by atoms with Crippen molar-refractivity contribution in [2.24, 2.45) is 17.8 Å². The van der Waals surface area contributed by atoms with Gasteiger partial charge in [0.2, 0.25) is 11.8 Å². The molecular formula is C17H31N3O5. The molecule has 144 valence electrons. The number of carbonyl (C=O) groups excluding carboxylic acids is 3. The van der Waals surface area contributed by atoms with Gasteiger partial charge >= 0.3 is 0 Å². The molecule has 5 N–H and O–H groups in total. The van der Waals surface area contributed by atoms with Crippen molar-refractivity contribution in [1.82, 2.24) is 16.1 Å². The third-order valence-electron chi connectivity index (χ3n) is 4.91. The standard InChI is InChI=1S/C17H31N3O5/c1-10(2)13(14(21)17(24)20-25)16(23)19-12(15(22)18-3)9-11-7-5-4-6-8-11/h10-14,21,25H,4-9H2,1-3H3,(H,18,22)(H,19,23)(H,20,24)/t12-,13+,14-/m0/s1. The number of carbonyl (C=O) groups is 3. The van der Waals surface area contributed by atoms with E-state index in [0.717, 1.165) is 25.7 Å². The van der Waals surface area contributed by atoms with Crippen molar-refractivity contribution in [2.75, 3.05) is 7.05 Å². The van der Waals surface area contributed by atoms with Crippen LogP contribution in [0.5, 0.6) is 0 Å². The number of aliphatic hydroxyl groups excluding tert-OH is 1. The van der Waals surface area contributed by atoms with Crippen LogP contribution in [0.3, 0.4) is 0 Å². The monoisotopic (exact) mass is 357 g/mol. The van der Waals surface area contributed by atoms with Crippen LogP contribution in [-0.4, -0.2) is 47.2 Å². The first kappa shape index (κ1) is 21.4. The summed E-state index contributed by atoms with van der Waals surface area (Å²) in [5, 5.41) is 23.9. The zero-order valence-corrected chi connectivity index (χ0v) is 15.2. The Morgan fingerprint density at radius 1 is 1.04 bits per heavy atom. The van der Waals surface area contributed by atoms with E-state index in [9.17, 15) is 19.5 Å². The normalized spacial score (nSPS) is 19.0. The fraction of sp³-hybridized carbons (Fsp3) is 0.824. The van der Waals surface area contributed by atoms with Gasteiger partial charge < -0.3 is 15.7 Å². The summed E-state index contributed by atoms with van der Waals surface area (Å²) in [4.78, 5) is 36.3. The maximum absolute atomic E-state index is 12.6. The van der Waals surface area contributed by atoms with Crippen LogP contribution >= 0.6 is 0 Å². The summed E-state index contributed by atoms with van der Waals surface area (Å²) in [6, 6.07) is -0.703. The summed E-state index contributed by atoms with van der Waals surface area (Å²) in [5.74, 6) is -2.95. The highest BCUT2D eigenvalue weighted by Gasteiger charge is 2.36. The second-order valence-corrected chi connectivity index (χ2v) is 7.11. The van der Waals surface area contributed by atoms with Gasteiger partial charge in [-0.15, -0.1) is 0 Å². The van der Waals surface area contributed by atoms with Gasteiger partial charge in [-0.05, 0) is 18.3 Å². The van der Waals surface area contributed by atoms with Crippen molar-refractivity contribution in [2.45, 2.75) is 64.5 Å². The van der Waals surface area contributed by atoms with E-state index in [0.29, 0.717) is 12.3 Å². The molecule has 25 heavy (non-hydrogen) atoms. The predicted molar refractivity (Wildman–Crippen MR) is 91.5 cm³/mol. The maximum atomic E-state index is 12.6. The van der Waals surface area contributed by atoms with E-state index in [1.54, 1.807) is 13.8 Å². The van der Waals surface area contributed by atoms with Gasteiger partial charge in [-0.2, -0.15) is 0 Å². The Morgan fingerprint density at radius 2 is 1.64 bits per heavy atom. The number of amides is 3. The van der Waals surface area contributed by atoms with Crippen molar-refractivity contribution in [3.63, 3.8) is 0 Å². The van der Waals surface area contributed by atoms with Gasteiger partial charge in [0.15, 0.2) is 0 Å². The molecule has 3 atom stereocenters. The fourth-order valence-electron chi connectivity index (χ4n) is 3.47. The zero-order valence-electron chi connectivity index (χ0n) is 15.2. The molecule has 0 bridgehead atoms. The van der Waals surface area contributed by atoms with E-state index >= 15 is 0 Å². The lowest BCUT2D eigenvalue weighted by atomic mass is 9.84. The van der Waals surface area contributed by atoms with Gasteiger partial charge in [0, 0.05) is 7.05 Å². The van der Waals surface area contributed by atoms with Crippen LogP contribution in [0.2, 0.25) is 0 Å². The third kappa shape index (κ3) is 6.28. The van der Waals surface area contributed by atoms with Crippen molar-refractivity contribution in [1.29, 1.82) is 0 Å². The molecular weight excluding hydrogens is 326 g/mol. The minimum absolute atomic E-state index is 0.289. The molecule has 0 saturated heterocycles.